The minimum absolute atomic E-state index is 0.126. The van der Waals surface area contributed by atoms with Gasteiger partial charge in [0.25, 0.3) is 0 Å². The maximum atomic E-state index is 12.4. The number of carboxylic acid groups (broad SMARTS) is 1. The molecule has 1 atom stereocenters. The summed E-state index contributed by atoms with van der Waals surface area (Å²) in [6, 6.07) is 6.92. The van der Waals surface area contributed by atoms with Crippen molar-refractivity contribution in [2.24, 2.45) is 5.92 Å². The van der Waals surface area contributed by atoms with E-state index in [1.54, 1.807) is 18.2 Å². The van der Waals surface area contributed by atoms with E-state index in [1.165, 1.54) is 0 Å². The Morgan fingerprint density at radius 2 is 1.92 bits per heavy atom. The van der Waals surface area contributed by atoms with Crippen LogP contribution in [0.4, 0.5) is 0 Å². The van der Waals surface area contributed by atoms with Crippen molar-refractivity contribution in [3.8, 4) is 0 Å². The predicted octanol–water partition coefficient (Wildman–Crippen LogP) is 2.74. The summed E-state index contributed by atoms with van der Waals surface area (Å²) >= 11 is 0. The van der Waals surface area contributed by atoms with Crippen molar-refractivity contribution in [1.29, 1.82) is 0 Å². The molecule has 0 spiro atoms. The number of hydrogen-bond donors (Lipinski definition) is 1. The Kier molecular flexibility index (Phi) is 5.51. The number of benzene rings is 1. The number of amides is 1. The normalized spacial score (nSPS) is 21.8. The molecule has 0 radical (unpaired) electrons. The highest BCUT2D eigenvalue weighted by Crippen LogP contribution is 2.29. The van der Waals surface area contributed by atoms with Crippen molar-refractivity contribution in [2.45, 2.75) is 44.6 Å². The SMILES string of the molecule is O=C(O)c1ccccc1CCC(=O)N1CCC(C2CCCO2)CC1. The molecule has 2 heterocycles. The van der Waals surface area contributed by atoms with E-state index in [4.69, 9.17) is 4.74 Å². The fraction of sp³-hybridized carbons (Fsp3) is 0.579. The Morgan fingerprint density at radius 1 is 1.17 bits per heavy atom. The van der Waals surface area contributed by atoms with Crippen molar-refractivity contribution in [2.75, 3.05) is 19.7 Å². The first-order chi connectivity index (χ1) is 11.6. The van der Waals surface area contributed by atoms with Crippen LogP contribution >= 0.6 is 0 Å². The lowest BCUT2D eigenvalue weighted by Gasteiger charge is -2.34. The Labute approximate surface area is 142 Å². The van der Waals surface area contributed by atoms with Crippen LogP contribution in [0, 0.1) is 5.92 Å². The first-order valence-electron chi connectivity index (χ1n) is 8.85. The monoisotopic (exact) mass is 331 g/mol. The summed E-state index contributed by atoms with van der Waals surface area (Å²) in [7, 11) is 0. The number of hydrogen-bond acceptors (Lipinski definition) is 3. The van der Waals surface area contributed by atoms with Gasteiger partial charge < -0.3 is 14.7 Å². The van der Waals surface area contributed by atoms with E-state index in [-0.39, 0.29) is 5.91 Å². The van der Waals surface area contributed by atoms with Gasteiger partial charge in [-0.2, -0.15) is 0 Å². The fourth-order valence-electron chi connectivity index (χ4n) is 3.84. The van der Waals surface area contributed by atoms with Gasteiger partial charge in [0.15, 0.2) is 0 Å². The summed E-state index contributed by atoms with van der Waals surface area (Å²) in [6.45, 7) is 2.47. The third kappa shape index (κ3) is 3.96. The van der Waals surface area contributed by atoms with Gasteiger partial charge in [-0.3, -0.25) is 4.79 Å². The van der Waals surface area contributed by atoms with Gasteiger partial charge in [0, 0.05) is 26.1 Å². The van der Waals surface area contributed by atoms with E-state index < -0.39 is 5.97 Å². The second-order valence-electron chi connectivity index (χ2n) is 6.73. The number of nitrogens with zero attached hydrogens (tertiary/aromatic N) is 1. The molecular weight excluding hydrogens is 306 g/mol. The number of aryl methyl sites for hydroxylation is 1. The van der Waals surface area contributed by atoms with Gasteiger partial charge in [0.2, 0.25) is 5.91 Å². The molecule has 2 saturated heterocycles. The zero-order valence-corrected chi connectivity index (χ0v) is 13.9. The molecule has 0 aliphatic carbocycles. The third-order valence-electron chi connectivity index (χ3n) is 5.24. The lowest BCUT2D eigenvalue weighted by Crippen LogP contribution is -2.41. The number of aromatic carboxylic acids is 1. The van der Waals surface area contributed by atoms with E-state index >= 15 is 0 Å². The summed E-state index contributed by atoms with van der Waals surface area (Å²) in [5.41, 5.74) is 1.02. The maximum Gasteiger partial charge on any atom is 0.335 e. The minimum atomic E-state index is -0.935. The van der Waals surface area contributed by atoms with E-state index in [0.717, 1.165) is 50.9 Å². The van der Waals surface area contributed by atoms with E-state index in [2.05, 4.69) is 0 Å². The third-order valence-corrected chi connectivity index (χ3v) is 5.24. The Bertz CT molecular complexity index is 587. The molecule has 1 aromatic rings. The molecular formula is C19H25NO4. The van der Waals surface area contributed by atoms with Crippen LogP contribution in [0.2, 0.25) is 0 Å². The molecule has 1 amide bonds. The predicted molar refractivity (Wildman–Crippen MR) is 90.0 cm³/mol. The first kappa shape index (κ1) is 17.0. The highest BCUT2D eigenvalue weighted by Gasteiger charge is 2.30. The van der Waals surface area contributed by atoms with Gasteiger partial charge in [0.05, 0.1) is 11.7 Å². The van der Waals surface area contributed by atoms with Crippen LogP contribution < -0.4 is 0 Å². The van der Waals surface area contributed by atoms with Gasteiger partial charge >= 0.3 is 5.97 Å². The second kappa shape index (κ2) is 7.79. The Balaban J connectivity index is 1.49. The van der Waals surface area contributed by atoms with Crippen molar-refractivity contribution in [3.63, 3.8) is 0 Å². The highest BCUT2D eigenvalue weighted by atomic mass is 16.5. The average molecular weight is 331 g/mol. The molecule has 0 saturated carbocycles. The first-order valence-corrected chi connectivity index (χ1v) is 8.85. The van der Waals surface area contributed by atoms with Gasteiger partial charge in [-0.25, -0.2) is 4.79 Å². The van der Waals surface area contributed by atoms with Crippen LogP contribution in [0.5, 0.6) is 0 Å². The Hall–Kier alpha value is -1.88. The zero-order chi connectivity index (χ0) is 16.9. The van der Waals surface area contributed by atoms with Gasteiger partial charge in [-0.05, 0) is 49.7 Å². The number of rotatable bonds is 5. The van der Waals surface area contributed by atoms with Crippen molar-refractivity contribution in [1.82, 2.24) is 4.90 Å². The molecule has 0 bridgehead atoms. The van der Waals surface area contributed by atoms with E-state index in [1.807, 2.05) is 11.0 Å². The van der Waals surface area contributed by atoms with Gasteiger partial charge in [0.1, 0.15) is 0 Å². The molecule has 3 rings (SSSR count). The molecule has 1 N–H and O–H groups in total. The average Bonchev–Trinajstić information content (AvgIpc) is 3.14. The minimum Gasteiger partial charge on any atom is -0.478 e. The quantitative estimate of drug-likeness (QED) is 0.901. The summed E-state index contributed by atoms with van der Waals surface area (Å²) in [4.78, 5) is 25.6. The van der Waals surface area contributed by atoms with Crippen molar-refractivity contribution >= 4 is 11.9 Å². The van der Waals surface area contributed by atoms with Crippen LogP contribution in [0.15, 0.2) is 24.3 Å². The summed E-state index contributed by atoms with van der Waals surface area (Å²) in [5, 5.41) is 9.21. The molecule has 2 aliphatic rings. The molecule has 1 unspecified atom stereocenters. The fourth-order valence-corrected chi connectivity index (χ4v) is 3.84. The maximum absolute atomic E-state index is 12.4. The van der Waals surface area contributed by atoms with E-state index in [0.29, 0.717) is 30.4 Å². The molecule has 1 aromatic carbocycles. The van der Waals surface area contributed by atoms with Crippen LogP contribution in [0.25, 0.3) is 0 Å². The lowest BCUT2D eigenvalue weighted by molar-refractivity contribution is -0.133. The number of ether oxygens (including phenoxy) is 1. The number of carboxylic acids is 1. The topological polar surface area (TPSA) is 66.8 Å². The number of carbonyl (C=O) groups is 2. The van der Waals surface area contributed by atoms with Crippen LogP contribution in [-0.4, -0.2) is 47.7 Å². The summed E-state index contributed by atoms with van der Waals surface area (Å²) in [6.07, 6.45) is 5.59. The number of likely N-dealkylation sites (tertiary alicyclic amines) is 1. The largest absolute Gasteiger partial charge is 0.478 e. The summed E-state index contributed by atoms with van der Waals surface area (Å²) < 4.78 is 5.77. The Morgan fingerprint density at radius 3 is 2.58 bits per heavy atom. The molecule has 130 valence electrons. The highest BCUT2D eigenvalue weighted by molar-refractivity contribution is 5.89. The summed E-state index contributed by atoms with van der Waals surface area (Å²) in [5.74, 6) is -0.222. The van der Waals surface area contributed by atoms with Gasteiger partial charge in [-0.1, -0.05) is 18.2 Å². The standard InChI is InChI=1S/C19H25NO4/c21-18(8-7-14-4-1-2-5-16(14)19(22)23)20-11-9-15(10-12-20)17-6-3-13-24-17/h1-2,4-5,15,17H,3,6-13H2,(H,22,23). The van der Waals surface area contributed by atoms with Crippen LogP contribution in [0.3, 0.4) is 0 Å². The molecule has 24 heavy (non-hydrogen) atoms. The van der Waals surface area contributed by atoms with Crippen LogP contribution in [-0.2, 0) is 16.0 Å². The molecule has 5 nitrogen and oxygen atoms in total. The molecule has 0 aromatic heterocycles. The van der Waals surface area contributed by atoms with Crippen LogP contribution in [0.1, 0.15) is 48.0 Å². The number of piperidine rings is 1. The zero-order valence-electron chi connectivity index (χ0n) is 13.9. The second-order valence-corrected chi connectivity index (χ2v) is 6.73. The van der Waals surface area contributed by atoms with Crippen molar-refractivity contribution < 1.29 is 19.4 Å². The molecule has 2 aliphatic heterocycles. The van der Waals surface area contributed by atoms with Gasteiger partial charge in [-0.15, -0.1) is 0 Å². The molecule has 5 heteroatoms. The van der Waals surface area contributed by atoms with Crippen molar-refractivity contribution in [3.05, 3.63) is 35.4 Å². The lowest BCUT2D eigenvalue weighted by atomic mass is 9.89. The smallest absolute Gasteiger partial charge is 0.335 e. The number of carbonyl (C=O) groups excluding carboxylic acids is 1. The molecule has 2 fully saturated rings. The van der Waals surface area contributed by atoms with E-state index in [9.17, 15) is 14.7 Å².